The number of carbonyl (C=O) groups excluding carboxylic acids is 1. The summed E-state index contributed by atoms with van der Waals surface area (Å²) in [6.07, 6.45) is 4.60. The van der Waals surface area contributed by atoms with Gasteiger partial charge in [-0.05, 0) is 42.4 Å². The van der Waals surface area contributed by atoms with Gasteiger partial charge in [0.15, 0.2) is 5.78 Å². The second-order valence-corrected chi connectivity index (χ2v) is 6.78. The van der Waals surface area contributed by atoms with Crippen molar-refractivity contribution in [2.45, 2.75) is 33.6 Å². The Labute approximate surface area is 144 Å². The SMILES string of the molecule is CC1=C(C(C)C)C(c2ccc(C(=O)c3ccccc3)cc2)=CCC1. The van der Waals surface area contributed by atoms with E-state index >= 15 is 0 Å². The van der Waals surface area contributed by atoms with E-state index in [1.807, 2.05) is 42.5 Å². The van der Waals surface area contributed by atoms with E-state index in [9.17, 15) is 4.79 Å². The van der Waals surface area contributed by atoms with Crippen molar-refractivity contribution in [3.05, 3.63) is 88.5 Å². The first-order valence-corrected chi connectivity index (χ1v) is 8.68. The molecule has 122 valence electrons. The van der Waals surface area contributed by atoms with Crippen LogP contribution in [-0.2, 0) is 0 Å². The Morgan fingerprint density at radius 2 is 1.54 bits per heavy atom. The molecular formula is C23H24O. The van der Waals surface area contributed by atoms with Crippen LogP contribution in [0, 0.1) is 5.92 Å². The first kappa shape index (κ1) is 16.4. The molecule has 0 saturated carbocycles. The van der Waals surface area contributed by atoms with Crippen molar-refractivity contribution in [1.29, 1.82) is 0 Å². The number of hydrogen-bond donors (Lipinski definition) is 0. The third kappa shape index (κ3) is 3.26. The normalized spacial score (nSPS) is 14.8. The van der Waals surface area contributed by atoms with Crippen LogP contribution < -0.4 is 0 Å². The van der Waals surface area contributed by atoms with Gasteiger partial charge in [-0.3, -0.25) is 4.79 Å². The zero-order valence-electron chi connectivity index (χ0n) is 14.7. The minimum absolute atomic E-state index is 0.0792. The van der Waals surface area contributed by atoms with E-state index in [-0.39, 0.29) is 5.78 Å². The molecule has 1 heteroatoms. The third-order valence-corrected chi connectivity index (χ3v) is 4.69. The van der Waals surface area contributed by atoms with Crippen molar-refractivity contribution in [2.75, 3.05) is 0 Å². The predicted molar refractivity (Wildman–Crippen MR) is 101 cm³/mol. The zero-order valence-corrected chi connectivity index (χ0v) is 14.7. The van der Waals surface area contributed by atoms with Crippen LogP contribution in [0.1, 0.15) is 55.1 Å². The molecular weight excluding hydrogens is 292 g/mol. The molecule has 0 amide bonds. The van der Waals surface area contributed by atoms with E-state index in [1.165, 1.54) is 22.3 Å². The Morgan fingerprint density at radius 3 is 2.17 bits per heavy atom. The van der Waals surface area contributed by atoms with Gasteiger partial charge in [-0.1, -0.05) is 80.1 Å². The maximum atomic E-state index is 12.5. The first-order chi connectivity index (χ1) is 11.6. The standard InChI is InChI=1S/C23H24O/c1-16(2)22-17(3)8-7-11-21(22)18-12-14-20(15-13-18)23(24)19-9-5-4-6-10-19/h4-6,9-16H,7-8H2,1-3H3. The van der Waals surface area contributed by atoms with Crippen LogP contribution in [0.5, 0.6) is 0 Å². The molecule has 0 spiro atoms. The summed E-state index contributed by atoms with van der Waals surface area (Å²) in [4.78, 5) is 12.5. The predicted octanol–water partition coefficient (Wildman–Crippen LogP) is 6.07. The molecule has 0 bridgehead atoms. The lowest BCUT2D eigenvalue weighted by molar-refractivity contribution is 0.103. The molecule has 1 nitrogen and oxygen atoms in total. The molecule has 0 aromatic heterocycles. The highest BCUT2D eigenvalue weighted by Crippen LogP contribution is 2.36. The average Bonchev–Trinajstić information content (AvgIpc) is 2.61. The maximum Gasteiger partial charge on any atom is 0.193 e. The molecule has 24 heavy (non-hydrogen) atoms. The molecule has 0 aliphatic heterocycles. The number of benzene rings is 2. The molecule has 0 heterocycles. The summed E-state index contributed by atoms with van der Waals surface area (Å²) in [5.41, 5.74) is 6.99. The van der Waals surface area contributed by atoms with Gasteiger partial charge in [-0.15, -0.1) is 0 Å². The van der Waals surface area contributed by atoms with Crippen molar-refractivity contribution in [1.82, 2.24) is 0 Å². The van der Waals surface area contributed by atoms with Crippen LogP contribution in [-0.4, -0.2) is 5.78 Å². The molecule has 0 unspecified atom stereocenters. The van der Waals surface area contributed by atoms with Gasteiger partial charge in [0.05, 0.1) is 0 Å². The van der Waals surface area contributed by atoms with Crippen LogP contribution in [0.3, 0.4) is 0 Å². The van der Waals surface area contributed by atoms with Crippen LogP contribution >= 0.6 is 0 Å². The summed E-state index contributed by atoms with van der Waals surface area (Å²) in [6.45, 7) is 6.76. The number of rotatable bonds is 4. The minimum Gasteiger partial charge on any atom is -0.289 e. The third-order valence-electron chi connectivity index (χ3n) is 4.69. The molecule has 0 radical (unpaired) electrons. The molecule has 2 aromatic rings. The molecule has 0 N–H and O–H groups in total. The highest BCUT2D eigenvalue weighted by atomic mass is 16.1. The summed E-state index contributed by atoms with van der Waals surface area (Å²) in [7, 11) is 0. The molecule has 0 fully saturated rings. The summed E-state index contributed by atoms with van der Waals surface area (Å²) >= 11 is 0. The minimum atomic E-state index is 0.0792. The Kier molecular flexibility index (Phi) is 4.80. The largest absolute Gasteiger partial charge is 0.289 e. The fourth-order valence-electron chi connectivity index (χ4n) is 3.54. The van der Waals surface area contributed by atoms with Crippen molar-refractivity contribution in [3.63, 3.8) is 0 Å². The summed E-state index contributed by atoms with van der Waals surface area (Å²) in [5, 5.41) is 0. The van der Waals surface area contributed by atoms with Gasteiger partial charge >= 0.3 is 0 Å². The van der Waals surface area contributed by atoms with E-state index in [1.54, 1.807) is 0 Å². The lowest BCUT2D eigenvalue weighted by Gasteiger charge is -2.23. The van der Waals surface area contributed by atoms with Crippen LogP contribution in [0.4, 0.5) is 0 Å². The van der Waals surface area contributed by atoms with Gasteiger partial charge in [0.2, 0.25) is 0 Å². The van der Waals surface area contributed by atoms with Crippen molar-refractivity contribution in [2.24, 2.45) is 5.92 Å². The summed E-state index contributed by atoms with van der Waals surface area (Å²) in [5.74, 6) is 0.595. The van der Waals surface area contributed by atoms with Gasteiger partial charge < -0.3 is 0 Å². The monoisotopic (exact) mass is 316 g/mol. The second kappa shape index (κ2) is 7.00. The van der Waals surface area contributed by atoms with Gasteiger partial charge in [0.1, 0.15) is 0 Å². The molecule has 3 rings (SSSR count). The van der Waals surface area contributed by atoms with Crippen LogP contribution in [0.15, 0.2) is 71.8 Å². The molecule has 2 aromatic carbocycles. The second-order valence-electron chi connectivity index (χ2n) is 6.78. The first-order valence-electron chi connectivity index (χ1n) is 8.68. The number of allylic oxidation sites excluding steroid dienone is 4. The number of carbonyl (C=O) groups is 1. The highest BCUT2D eigenvalue weighted by Gasteiger charge is 2.18. The lowest BCUT2D eigenvalue weighted by Crippen LogP contribution is -2.06. The quantitative estimate of drug-likeness (QED) is 0.626. The molecule has 1 aliphatic carbocycles. The van der Waals surface area contributed by atoms with Crippen LogP contribution in [0.2, 0.25) is 0 Å². The maximum absolute atomic E-state index is 12.5. The zero-order chi connectivity index (χ0) is 17.1. The topological polar surface area (TPSA) is 17.1 Å². The van der Waals surface area contributed by atoms with E-state index < -0.39 is 0 Å². The van der Waals surface area contributed by atoms with Crippen molar-refractivity contribution in [3.8, 4) is 0 Å². The van der Waals surface area contributed by atoms with Crippen molar-refractivity contribution < 1.29 is 4.79 Å². The lowest BCUT2D eigenvalue weighted by atomic mass is 9.81. The van der Waals surface area contributed by atoms with Gasteiger partial charge in [0, 0.05) is 11.1 Å². The fraction of sp³-hybridized carbons (Fsp3) is 0.261. The molecule has 1 aliphatic rings. The number of ketones is 1. The molecule has 0 atom stereocenters. The van der Waals surface area contributed by atoms with Crippen LogP contribution in [0.25, 0.3) is 5.57 Å². The smallest absolute Gasteiger partial charge is 0.193 e. The summed E-state index contributed by atoms with van der Waals surface area (Å²) in [6, 6.07) is 17.5. The van der Waals surface area contributed by atoms with Crippen molar-refractivity contribution >= 4 is 11.4 Å². The molecule has 0 saturated heterocycles. The Bertz CT molecular complexity index is 790. The number of hydrogen-bond acceptors (Lipinski definition) is 1. The van der Waals surface area contributed by atoms with Gasteiger partial charge in [0.25, 0.3) is 0 Å². The van der Waals surface area contributed by atoms with E-state index in [2.05, 4.69) is 39.0 Å². The van der Waals surface area contributed by atoms with E-state index in [0.29, 0.717) is 5.92 Å². The summed E-state index contributed by atoms with van der Waals surface area (Å²) < 4.78 is 0. The van der Waals surface area contributed by atoms with Gasteiger partial charge in [-0.2, -0.15) is 0 Å². The average molecular weight is 316 g/mol. The van der Waals surface area contributed by atoms with Gasteiger partial charge in [-0.25, -0.2) is 0 Å². The van der Waals surface area contributed by atoms with E-state index in [0.717, 1.165) is 24.0 Å². The Morgan fingerprint density at radius 1 is 0.917 bits per heavy atom. The fourth-order valence-corrected chi connectivity index (χ4v) is 3.54. The Hall–Kier alpha value is -2.41. The Balaban J connectivity index is 1.90. The highest BCUT2D eigenvalue weighted by molar-refractivity contribution is 6.09. The van der Waals surface area contributed by atoms with E-state index in [4.69, 9.17) is 0 Å².